The molecule has 0 aromatic heterocycles. The standard InChI is InChI=1S/C17H23NO4.C2H6O/c18-11-13-1-6-14(7-2-13)17(21)22-15-8-3-12(4-9-15)5-10-16(19)20;1-2-3/h3-4,8-9,13-14H,1-2,5-7,10-11,18H2,(H,19,20);3H,2H2,1H3/t13-,14-;. The number of benzene rings is 1. The summed E-state index contributed by atoms with van der Waals surface area (Å²) in [4.78, 5) is 22.7. The number of ether oxygens (including phenoxy) is 1. The third-order valence-corrected chi connectivity index (χ3v) is 4.28. The molecule has 6 heteroatoms. The van der Waals surface area contributed by atoms with Crippen LogP contribution in [0.1, 0.15) is 44.6 Å². The van der Waals surface area contributed by atoms with E-state index in [2.05, 4.69) is 0 Å². The fourth-order valence-electron chi connectivity index (χ4n) is 2.81. The summed E-state index contributed by atoms with van der Waals surface area (Å²) in [5.74, 6) is 0.0365. The molecule has 6 nitrogen and oxygen atoms in total. The quantitative estimate of drug-likeness (QED) is 0.536. The number of nitrogens with two attached hydrogens (primary N) is 1. The first-order chi connectivity index (χ1) is 12.0. The average molecular weight is 351 g/mol. The summed E-state index contributed by atoms with van der Waals surface area (Å²) >= 11 is 0. The van der Waals surface area contributed by atoms with Crippen LogP contribution in [0.15, 0.2) is 24.3 Å². The van der Waals surface area contributed by atoms with E-state index in [0.717, 1.165) is 31.2 Å². The number of carbonyl (C=O) groups is 2. The largest absolute Gasteiger partial charge is 0.481 e. The first-order valence-corrected chi connectivity index (χ1v) is 8.83. The Kier molecular flexibility index (Phi) is 9.80. The van der Waals surface area contributed by atoms with Gasteiger partial charge in [-0.3, -0.25) is 9.59 Å². The molecule has 0 heterocycles. The molecule has 1 saturated carbocycles. The number of carboxylic acid groups (broad SMARTS) is 1. The van der Waals surface area contributed by atoms with E-state index in [9.17, 15) is 9.59 Å². The molecule has 1 aliphatic rings. The number of carboxylic acids is 1. The maximum absolute atomic E-state index is 12.1. The van der Waals surface area contributed by atoms with E-state index in [4.69, 9.17) is 20.7 Å². The van der Waals surface area contributed by atoms with E-state index >= 15 is 0 Å². The normalized spacial score (nSPS) is 19.5. The van der Waals surface area contributed by atoms with Crippen LogP contribution in [-0.4, -0.2) is 35.3 Å². The third-order valence-electron chi connectivity index (χ3n) is 4.28. The van der Waals surface area contributed by atoms with Crippen molar-refractivity contribution < 1.29 is 24.5 Å². The molecule has 1 aromatic carbocycles. The van der Waals surface area contributed by atoms with Crippen molar-refractivity contribution in [1.82, 2.24) is 0 Å². The molecule has 1 aromatic rings. The van der Waals surface area contributed by atoms with Crippen LogP contribution < -0.4 is 10.5 Å². The Balaban J connectivity index is 0.000000970. The van der Waals surface area contributed by atoms with E-state index in [1.54, 1.807) is 31.2 Å². The number of hydrogen-bond acceptors (Lipinski definition) is 5. The highest BCUT2D eigenvalue weighted by atomic mass is 16.5. The Hall–Kier alpha value is -1.92. The van der Waals surface area contributed by atoms with Crippen LogP contribution in [0.4, 0.5) is 0 Å². The van der Waals surface area contributed by atoms with Gasteiger partial charge in [0.25, 0.3) is 0 Å². The van der Waals surface area contributed by atoms with Crippen molar-refractivity contribution in [2.45, 2.75) is 45.4 Å². The van der Waals surface area contributed by atoms with Crippen molar-refractivity contribution in [3.05, 3.63) is 29.8 Å². The zero-order valence-electron chi connectivity index (χ0n) is 14.8. The average Bonchev–Trinajstić information content (AvgIpc) is 2.62. The number of hydrogen-bond donors (Lipinski definition) is 3. The minimum absolute atomic E-state index is 0.0329. The molecule has 25 heavy (non-hydrogen) atoms. The fraction of sp³-hybridized carbons (Fsp3) is 0.579. The Morgan fingerprint density at radius 3 is 2.20 bits per heavy atom. The summed E-state index contributed by atoms with van der Waals surface area (Å²) in [7, 11) is 0. The van der Waals surface area contributed by atoms with E-state index < -0.39 is 5.97 Å². The molecule has 2 rings (SSSR count). The van der Waals surface area contributed by atoms with Gasteiger partial charge in [-0.25, -0.2) is 0 Å². The van der Waals surface area contributed by atoms with Gasteiger partial charge in [0.1, 0.15) is 5.75 Å². The Labute approximate surface area is 149 Å². The topological polar surface area (TPSA) is 110 Å². The van der Waals surface area contributed by atoms with Gasteiger partial charge in [-0.2, -0.15) is 0 Å². The Bertz CT molecular complexity index is 521. The van der Waals surface area contributed by atoms with Crippen molar-refractivity contribution in [2.75, 3.05) is 13.2 Å². The highest BCUT2D eigenvalue weighted by Crippen LogP contribution is 2.29. The molecule has 1 aliphatic carbocycles. The lowest BCUT2D eigenvalue weighted by molar-refractivity contribution is -0.140. The van der Waals surface area contributed by atoms with Crippen LogP contribution >= 0.6 is 0 Å². The number of aliphatic hydroxyl groups is 1. The summed E-state index contributed by atoms with van der Waals surface area (Å²) in [6.45, 7) is 2.62. The maximum Gasteiger partial charge on any atom is 0.314 e. The highest BCUT2D eigenvalue weighted by molar-refractivity contribution is 5.75. The van der Waals surface area contributed by atoms with E-state index in [-0.39, 0.29) is 24.9 Å². The minimum atomic E-state index is -0.816. The molecule has 4 N–H and O–H groups in total. The molecule has 0 saturated heterocycles. The zero-order valence-corrected chi connectivity index (χ0v) is 14.8. The number of rotatable bonds is 6. The molecule has 0 amide bonds. The van der Waals surface area contributed by atoms with Crippen molar-refractivity contribution in [3.63, 3.8) is 0 Å². The zero-order chi connectivity index (χ0) is 18.7. The summed E-state index contributed by atoms with van der Waals surface area (Å²) in [6, 6.07) is 7.05. The van der Waals surface area contributed by atoms with Crippen LogP contribution in [0, 0.1) is 11.8 Å². The van der Waals surface area contributed by atoms with E-state index in [1.807, 2.05) is 0 Å². The molecule has 1 fully saturated rings. The summed E-state index contributed by atoms with van der Waals surface area (Å²) < 4.78 is 5.42. The predicted octanol–water partition coefficient (Wildman–Crippen LogP) is 2.37. The van der Waals surface area contributed by atoms with E-state index in [0.29, 0.717) is 24.6 Å². The number of carbonyl (C=O) groups excluding carboxylic acids is 1. The van der Waals surface area contributed by atoms with Gasteiger partial charge in [-0.05, 0) is 69.2 Å². The first kappa shape index (κ1) is 21.1. The summed E-state index contributed by atoms with van der Waals surface area (Å²) in [5.41, 5.74) is 6.57. The van der Waals surface area contributed by atoms with Gasteiger partial charge in [0.05, 0.1) is 5.92 Å². The second kappa shape index (κ2) is 11.6. The molecular weight excluding hydrogens is 322 g/mol. The molecular formula is C19H29NO5. The van der Waals surface area contributed by atoms with Crippen LogP contribution in [0.25, 0.3) is 0 Å². The van der Waals surface area contributed by atoms with E-state index in [1.165, 1.54) is 0 Å². The number of esters is 1. The minimum Gasteiger partial charge on any atom is -0.481 e. The molecule has 0 atom stereocenters. The second-order valence-corrected chi connectivity index (χ2v) is 6.23. The van der Waals surface area contributed by atoms with Gasteiger partial charge < -0.3 is 20.7 Å². The van der Waals surface area contributed by atoms with Crippen LogP contribution in [0.2, 0.25) is 0 Å². The Morgan fingerprint density at radius 2 is 1.72 bits per heavy atom. The fourth-order valence-corrected chi connectivity index (χ4v) is 2.81. The molecule has 140 valence electrons. The van der Waals surface area contributed by atoms with Crippen molar-refractivity contribution in [1.29, 1.82) is 0 Å². The van der Waals surface area contributed by atoms with Gasteiger partial charge in [0, 0.05) is 13.0 Å². The van der Waals surface area contributed by atoms with Crippen LogP contribution in [-0.2, 0) is 16.0 Å². The lowest BCUT2D eigenvalue weighted by Crippen LogP contribution is -2.28. The van der Waals surface area contributed by atoms with Gasteiger partial charge in [0.15, 0.2) is 0 Å². The summed E-state index contributed by atoms with van der Waals surface area (Å²) in [6.07, 6.45) is 4.25. The molecule has 0 bridgehead atoms. The number of aliphatic carboxylic acids is 1. The lowest BCUT2D eigenvalue weighted by atomic mass is 9.82. The predicted molar refractivity (Wildman–Crippen MR) is 95.3 cm³/mol. The third kappa shape index (κ3) is 8.14. The molecule has 0 aliphatic heterocycles. The SMILES string of the molecule is CCO.NC[C@H]1CC[C@H](C(=O)Oc2ccc(CCC(=O)O)cc2)CC1. The maximum atomic E-state index is 12.1. The highest BCUT2D eigenvalue weighted by Gasteiger charge is 2.27. The van der Waals surface area contributed by atoms with Gasteiger partial charge in [-0.1, -0.05) is 12.1 Å². The van der Waals surface area contributed by atoms with Crippen molar-refractivity contribution >= 4 is 11.9 Å². The molecule has 0 radical (unpaired) electrons. The summed E-state index contributed by atoms with van der Waals surface area (Å²) in [5, 5.41) is 16.2. The van der Waals surface area contributed by atoms with Crippen molar-refractivity contribution in [3.8, 4) is 5.75 Å². The molecule has 0 unspecified atom stereocenters. The Morgan fingerprint density at radius 1 is 1.16 bits per heavy atom. The van der Waals surface area contributed by atoms with Gasteiger partial charge >= 0.3 is 11.9 Å². The van der Waals surface area contributed by atoms with Gasteiger partial charge in [0.2, 0.25) is 0 Å². The van der Waals surface area contributed by atoms with Crippen LogP contribution in [0.3, 0.4) is 0 Å². The van der Waals surface area contributed by atoms with Gasteiger partial charge in [-0.15, -0.1) is 0 Å². The number of aryl methyl sites for hydroxylation is 1. The monoisotopic (exact) mass is 351 g/mol. The number of aliphatic hydroxyl groups excluding tert-OH is 1. The van der Waals surface area contributed by atoms with Crippen molar-refractivity contribution in [2.24, 2.45) is 17.6 Å². The first-order valence-electron chi connectivity index (χ1n) is 8.83. The lowest BCUT2D eigenvalue weighted by Gasteiger charge is -2.26. The smallest absolute Gasteiger partial charge is 0.314 e. The molecule has 0 spiro atoms. The van der Waals surface area contributed by atoms with Crippen LogP contribution in [0.5, 0.6) is 5.75 Å². The second-order valence-electron chi connectivity index (χ2n) is 6.23.